The molecule has 1 saturated carbocycles. The Hall–Kier alpha value is -0.0200. The van der Waals surface area contributed by atoms with Gasteiger partial charge in [-0.15, -0.1) is 0 Å². The summed E-state index contributed by atoms with van der Waals surface area (Å²) in [7, 11) is 0. The van der Waals surface area contributed by atoms with E-state index in [2.05, 4.69) is 19.6 Å². The topological polar surface area (TPSA) is 37.3 Å². The van der Waals surface area contributed by atoms with Crippen LogP contribution in [0.4, 0.5) is 0 Å². The van der Waals surface area contributed by atoms with Gasteiger partial charge in [0, 0.05) is 11.7 Å². The molecule has 2 nitrogen and oxygen atoms in total. The van der Waals surface area contributed by atoms with Crippen LogP contribution >= 0.6 is 12.6 Å². The first kappa shape index (κ1) is 10.1. The fraction of sp³-hybridized carbons (Fsp3) is 0.889. The molecule has 1 N–H and O–H groups in total. The Morgan fingerprint density at radius 1 is 1.75 bits per heavy atom. The molecule has 0 aromatic heterocycles. The van der Waals surface area contributed by atoms with Crippen LogP contribution in [-0.4, -0.2) is 21.7 Å². The molecule has 1 fully saturated rings. The lowest BCUT2D eigenvalue weighted by Gasteiger charge is -2.25. The van der Waals surface area contributed by atoms with E-state index in [-0.39, 0.29) is 17.5 Å². The van der Waals surface area contributed by atoms with Gasteiger partial charge in [0.25, 0.3) is 0 Å². The molecular formula is C9H16O2S. The van der Waals surface area contributed by atoms with Gasteiger partial charge in [0.1, 0.15) is 5.78 Å². The molecule has 0 saturated heterocycles. The molecule has 0 bridgehead atoms. The van der Waals surface area contributed by atoms with Gasteiger partial charge < -0.3 is 5.11 Å². The number of ketones is 1. The predicted molar refractivity (Wildman–Crippen MR) is 51.4 cm³/mol. The summed E-state index contributed by atoms with van der Waals surface area (Å²) in [4.78, 5) is 10.9. The molecule has 12 heavy (non-hydrogen) atoms. The van der Waals surface area contributed by atoms with Crippen LogP contribution in [0.5, 0.6) is 0 Å². The second-order valence-corrected chi connectivity index (χ2v) is 4.67. The molecule has 0 aromatic carbocycles. The van der Waals surface area contributed by atoms with Gasteiger partial charge >= 0.3 is 0 Å². The van der Waals surface area contributed by atoms with Gasteiger partial charge in [-0.1, -0.05) is 6.92 Å². The van der Waals surface area contributed by atoms with Crippen molar-refractivity contribution < 1.29 is 9.90 Å². The summed E-state index contributed by atoms with van der Waals surface area (Å²) in [5.41, 5.74) is -0.839. The van der Waals surface area contributed by atoms with Gasteiger partial charge in [0.15, 0.2) is 0 Å². The first-order valence-corrected chi connectivity index (χ1v) is 4.85. The minimum atomic E-state index is -0.839. The number of rotatable bonds is 2. The van der Waals surface area contributed by atoms with E-state index in [1.807, 2.05) is 0 Å². The maximum absolute atomic E-state index is 10.9. The zero-order valence-corrected chi connectivity index (χ0v) is 8.47. The zero-order valence-electron chi connectivity index (χ0n) is 7.58. The van der Waals surface area contributed by atoms with Crippen molar-refractivity contribution in [1.29, 1.82) is 0 Å². The van der Waals surface area contributed by atoms with Gasteiger partial charge in [-0.25, -0.2) is 0 Å². The number of hydrogen-bond acceptors (Lipinski definition) is 3. The molecule has 0 radical (unpaired) electrons. The number of hydrogen-bond donors (Lipinski definition) is 2. The van der Waals surface area contributed by atoms with E-state index in [1.165, 1.54) is 6.92 Å². The summed E-state index contributed by atoms with van der Waals surface area (Å²) in [5, 5.41) is 9.97. The van der Waals surface area contributed by atoms with Gasteiger partial charge in [-0.2, -0.15) is 12.6 Å². The third-order valence-corrected chi connectivity index (χ3v) is 3.19. The lowest BCUT2D eigenvalue weighted by atomic mass is 9.94. The number of aliphatic hydroxyl groups is 1. The monoisotopic (exact) mass is 188 g/mol. The quantitative estimate of drug-likeness (QED) is 0.643. The Kier molecular flexibility index (Phi) is 2.84. The molecule has 3 unspecified atom stereocenters. The van der Waals surface area contributed by atoms with Gasteiger partial charge in [0.2, 0.25) is 0 Å². The summed E-state index contributed by atoms with van der Waals surface area (Å²) in [6, 6.07) is 0. The molecular weight excluding hydrogens is 172 g/mol. The molecule has 0 spiro atoms. The smallest absolute Gasteiger partial charge is 0.132 e. The fourth-order valence-corrected chi connectivity index (χ4v) is 2.60. The van der Waals surface area contributed by atoms with Crippen molar-refractivity contribution >= 4 is 18.4 Å². The molecule has 0 aliphatic heterocycles. The van der Waals surface area contributed by atoms with Gasteiger partial charge in [-0.05, 0) is 25.7 Å². The highest BCUT2D eigenvalue weighted by atomic mass is 32.1. The second kappa shape index (κ2) is 3.38. The van der Waals surface area contributed by atoms with Crippen molar-refractivity contribution in [2.75, 3.05) is 0 Å². The van der Waals surface area contributed by atoms with Crippen molar-refractivity contribution in [3.05, 3.63) is 0 Å². The first-order valence-electron chi connectivity index (χ1n) is 4.34. The van der Waals surface area contributed by atoms with Crippen LogP contribution in [-0.2, 0) is 4.79 Å². The highest BCUT2D eigenvalue weighted by molar-refractivity contribution is 7.81. The van der Waals surface area contributed by atoms with Crippen LogP contribution in [0.15, 0.2) is 0 Å². The number of carbonyl (C=O) groups excluding carboxylic acids is 1. The van der Waals surface area contributed by atoms with Crippen LogP contribution < -0.4 is 0 Å². The Morgan fingerprint density at radius 2 is 2.33 bits per heavy atom. The normalized spacial score (nSPS) is 41.7. The van der Waals surface area contributed by atoms with E-state index < -0.39 is 5.60 Å². The number of Topliss-reactive ketones (excluding diaryl/α,β-unsaturated/α-hetero) is 1. The minimum absolute atomic E-state index is 0.0311. The summed E-state index contributed by atoms with van der Waals surface area (Å²) in [6.07, 6.45) is 1.87. The molecule has 0 heterocycles. The van der Waals surface area contributed by atoms with Crippen LogP contribution in [0.3, 0.4) is 0 Å². The fourth-order valence-electron chi connectivity index (χ4n) is 2.04. The van der Waals surface area contributed by atoms with E-state index >= 15 is 0 Å². The van der Waals surface area contributed by atoms with E-state index in [0.717, 1.165) is 6.42 Å². The minimum Gasteiger partial charge on any atom is -0.388 e. The number of carbonyl (C=O) groups is 1. The Labute approximate surface area is 78.8 Å². The largest absolute Gasteiger partial charge is 0.388 e. The highest BCUT2D eigenvalue weighted by Gasteiger charge is 2.43. The van der Waals surface area contributed by atoms with Crippen molar-refractivity contribution in [3.8, 4) is 0 Å². The highest BCUT2D eigenvalue weighted by Crippen LogP contribution is 2.40. The Morgan fingerprint density at radius 3 is 2.67 bits per heavy atom. The van der Waals surface area contributed by atoms with E-state index in [4.69, 9.17) is 0 Å². The van der Waals surface area contributed by atoms with Crippen molar-refractivity contribution in [3.63, 3.8) is 0 Å². The summed E-state index contributed by atoms with van der Waals surface area (Å²) >= 11 is 4.30. The summed E-state index contributed by atoms with van der Waals surface area (Å²) in [5.74, 6) is 0.530. The van der Waals surface area contributed by atoms with Crippen LogP contribution in [0.1, 0.15) is 33.1 Å². The molecule has 0 amide bonds. The van der Waals surface area contributed by atoms with Crippen LogP contribution in [0.2, 0.25) is 0 Å². The Balaban J connectivity index is 2.64. The van der Waals surface area contributed by atoms with E-state index in [9.17, 15) is 9.90 Å². The number of thiol groups is 1. The molecule has 1 aliphatic carbocycles. The first-order chi connectivity index (χ1) is 5.44. The Bertz CT molecular complexity index is 193. The second-order valence-electron chi connectivity index (χ2n) is 4.04. The standard InChI is InChI=1S/C9H16O2S/c1-6-3-8(12)9(11,4-6)5-7(2)10/h6,8,11-12H,3-5H2,1-2H3. The summed E-state index contributed by atoms with van der Waals surface area (Å²) < 4.78 is 0. The maximum Gasteiger partial charge on any atom is 0.132 e. The van der Waals surface area contributed by atoms with E-state index in [1.54, 1.807) is 0 Å². The molecule has 0 aromatic rings. The van der Waals surface area contributed by atoms with Crippen molar-refractivity contribution in [2.24, 2.45) is 5.92 Å². The molecule has 3 heteroatoms. The van der Waals surface area contributed by atoms with Crippen LogP contribution in [0.25, 0.3) is 0 Å². The van der Waals surface area contributed by atoms with Crippen molar-refractivity contribution in [2.45, 2.75) is 44.0 Å². The molecule has 70 valence electrons. The third kappa shape index (κ3) is 2.02. The third-order valence-electron chi connectivity index (χ3n) is 2.50. The van der Waals surface area contributed by atoms with Crippen LogP contribution in [0, 0.1) is 5.92 Å². The maximum atomic E-state index is 10.9. The molecule has 1 rings (SSSR count). The predicted octanol–water partition coefficient (Wildman–Crippen LogP) is 1.42. The average molecular weight is 188 g/mol. The van der Waals surface area contributed by atoms with Crippen molar-refractivity contribution in [1.82, 2.24) is 0 Å². The molecule has 1 aliphatic rings. The lowest BCUT2D eigenvalue weighted by Crippen LogP contribution is -2.36. The lowest BCUT2D eigenvalue weighted by molar-refractivity contribution is -0.121. The average Bonchev–Trinajstić information content (AvgIpc) is 2.04. The summed E-state index contributed by atoms with van der Waals surface area (Å²) in [6.45, 7) is 3.60. The van der Waals surface area contributed by atoms with Gasteiger partial charge in [0.05, 0.1) is 5.60 Å². The zero-order chi connectivity index (χ0) is 9.35. The van der Waals surface area contributed by atoms with Gasteiger partial charge in [-0.3, -0.25) is 4.79 Å². The van der Waals surface area contributed by atoms with E-state index in [0.29, 0.717) is 12.3 Å². The SMILES string of the molecule is CC(=O)CC1(O)CC(C)CC1S. The molecule has 3 atom stereocenters.